The zero-order valence-corrected chi connectivity index (χ0v) is 11.8. The van der Waals surface area contributed by atoms with Crippen LogP contribution in [0.15, 0.2) is 12.4 Å². The third-order valence-electron chi connectivity index (χ3n) is 2.50. The molecule has 0 amide bonds. The van der Waals surface area contributed by atoms with Gasteiger partial charge in [-0.25, -0.2) is 9.97 Å². The van der Waals surface area contributed by atoms with Crippen molar-refractivity contribution in [3.63, 3.8) is 0 Å². The minimum atomic E-state index is 0.229. The van der Waals surface area contributed by atoms with Crippen LogP contribution < -0.4 is 16.4 Å². The predicted molar refractivity (Wildman–Crippen MR) is 76.7 cm³/mol. The van der Waals surface area contributed by atoms with Gasteiger partial charge in [-0.2, -0.15) is 0 Å². The van der Waals surface area contributed by atoms with E-state index >= 15 is 0 Å². The van der Waals surface area contributed by atoms with Crippen molar-refractivity contribution in [3.8, 4) is 0 Å². The van der Waals surface area contributed by atoms with Crippen molar-refractivity contribution in [1.29, 1.82) is 0 Å². The van der Waals surface area contributed by atoms with Crippen LogP contribution in [0.2, 0.25) is 0 Å². The lowest BCUT2D eigenvalue weighted by molar-refractivity contribution is 0.442. The number of nitrogens with one attached hydrogen (secondary N) is 2. The third-order valence-corrected chi connectivity index (χ3v) is 2.50. The van der Waals surface area contributed by atoms with Gasteiger partial charge in [0.25, 0.3) is 0 Å². The molecule has 4 N–H and O–H groups in total. The first kappa shape index (κ1) is 14.7. The highest BCUT2D eigenvalue weighted by Gasteiger charge is 2.10. The van der Waals surface area contributed by atoms with Crippen LogP contribution in [0.25, 0.3) is 0 Å². The highest BCUT2D eigenvalue weighted by Crippen LogP contribution is 2.15. The van der Waals surface area contributed by atoms with E-state index in [1.54, 1.807) is 6.33 Å². The smallest absolute Gasteiger partial charge is 0.131 e. The normalized spacial score (nSPS) is 13.2. The largest absolute Gasteiger partial charge is 0.370 e. The fourth-order valence-corrected chi connectivity index (χ4v) is 1.27. The van der Waals surface area contributed by atoms with E-state index in [1.807, 2.05) is 6.07 Å². The molecule has 0 aliphatic heterocycles. The first-order valence-corrected chi connectivity index (χ1v) is 6.40. The quantitative estimate of drug-likeness (QED) is 0.720. The predicted octanol–water partition coefficient (Wildman–Crippen LogP) is 1.94. The van der Waals surface area contributed by atoms with Crippen LogP contribution in [-0.4, -0.2) is 29.6 Å². The van der Waals surface area contributed by atoms with Gasteiger partial charge in [-0.05, 0) is 17.9 Å². The molecule has 1 aromatic heterocycles. The lowest BCUT2D eigenvalue weighted by Crippen LogP contribution is -2.21. The van der Waals surface area contributed by atoms with Gasteiger partial charge in [0.15, 0.2) is 0 Å². The Morgan fingerprint density at radius 2 is 1.83 bits per heavy atom. The molecule has 1 aromatic rings. The summed E-state index contributed by atoms with van der Waals surface area (Å²) in [5.74, 6) is 2.12. The van der Waals surface area contributed by atoms with Gasteiger partial charge in [0.2, 0.25) is 0 Å². The summed E-state index contributed by atoms with van der Waals surface area (Å²) in [4.78, 5) is 8.39. The van der Waals surface area contributed by atoms with Gasteiger partial charge in [-0.15, -0.1) is 0 Å². The highest BCUT2D eigenvalue weighted by atomic mass is 15.1. The number of hydrogen-bond donors (Lipinski definition) is 3. The van der Waals surface area contributed by atoms with Crippen LogP contribution in [-0.2, 0) is 0 Å². The summed E-state index contributed by atoms with van der Waals surface area (Å²) in [6.07, 6.45) is 1.57. The topological polar surface area (TPSA) is 75.9 Å². The summed E-state index contributed by atoms with van der Waals surface area (Å²) < 4.78 is 0. The van der Waals surface area contributed by atoms with Crippen molar-refractivity contribution in [2.75, 3.05) is 30.3 Å². The molecule has 0 spiro atoms. The van der Waals surface area contributed by atoms with Crippen molar-refractivity contribution in [2.45, 2.75) is 27.7 Å². The van der Waals surface area contributed by atoms with Crippen LogP contribution in [0.4, 0.5) is 11.6 Å². The molecule has 1 unspecified atom stereocenters. The Bertz CT molecular complexity index is 359. The second-order valence-corrected chi connectivity index (χ2v) is 5.92. The molecule has 5 nitrogen and oxygen atoms in total. The molecular formula is C13H25N5. The van der Waals surface area contributed by atoms with Gasteiger partial charge in [-0.1, -0.05) is 27.7 Å². The zero-order valence-electron chi connectivity index (χ0n) is 11.8. The standard InChI is InChI=1S/C13H25N5/c1-10(6-14)7-15-11-5-12(18-9-17-11)16-8-13(2,3)4/h5,9-10H,6-8,14H2,1-4H3,(H2,15,16,17,18). The van der Waals surface area contributed by atoms with Crippen molar-refractivity contribution in [1.82, 2.24) is 9.97 Å². The lowest BCUT2D eigenvalue weighted by atomic mass is 9.97. The number of anilines is 2. The second-order valence-electron chi connectivity index (χ2n) is 5.92. The second kappa shape index (κ2) is 6.54. The van der Waals surface area contributed by atoms with Crippen LogP contribution >= 0.6 is 0 Å². The number of nitrogens with two attached hydrogens (primary N) is 1. The van der Waals surface area contributed by atoms with Crippen LogP contribution in [0, 0.1) is 11.3 Å². The molecule has 0 aromatic carbocycles. The molecule has 5 heteroatoms. The number of nitrogens with zero attached hydrogens (tertiary/aromatic N) is 2. The van der Waals surface area contributed by atoms with Crippen LogP contribution in [0.1, 0.15) is 27.7 Å². The molecule has 1 heterocycles. The molecule has 102 valence electrons. The molecule has 0 saturated heterocycles. The van der Waals surface area contributed by atoms with E-state index in [0.29, 0.717) is 12.5 Å². The Morgan fingerprint density at radius 1 is 1.22 bits per heavy atom. The van der Waals surface area contributed by atoms with Crippen molar-refractivity contribution >= 4 is 11.6 Å². The average Bonchev–Trinajstić information content (AvgIpc) is 2.33. The number of hydrogen-bond acceptors (Lipinski definition) is 5. The van der Waals surface area contributed by atoms with Gasteiger partial charge in [-0.3, -0.25) is 0 Å². The summed E-state index contributed by atoms with van der Waals surface area (Å²) in [6, 6.07) is 1.93. The summed E-state index contributed by atoms with van der Waals surface area (Å²) in [6.45, 7) is 11.0. The van der Waals surface area contributed by atoms with E-state index in [4.69, 9.17) is 5.73 Å². The Kier molecular flexibility index (Phi) is 5.34. The third kappa shape index (κ3) is 5.82. The van der Waals surface area contributed by atoms with Gasteiger partial charge < -0.3 is 16.4 Å². The maximum absolute atomic E-state index is 5.58. The lowest BCUT2D eigenvalue weighted by Gasteiger charge is -2.19. The molecule has 0 aliphatic carbocycles. The monoisotopic (exact) mass is 251 g/mol. The van der Waals surface area contributed by atoms with Crippen molar-refractivity contribution in [2.24, 2.45) is 17.1 Å². The van der Waals surface area contributed by atoms with Gasteiger partial charge >= 0.3 is 0 Å². The van der Waals surface area contributed by atoms with E-state index in [2.05, 4.69) is 48.3 Å². The van der Waals surface area contributed by atoms with E-state index in [9.17, 15) is 0 Å². The average molecular weight is 251 g/mol. The minimum absolute atomic E-state index is 0.229. The fourth-order valence-electron chi connectivity index (χ4n) is 1.27. The molecule has 0 fully saturated rings. The van der Waals surface area contributed by atoms with Crippen molar-refractivity contribution in [3.05, 3.63) is 12.4 Å². The zero-order chi connectivity index (χ0) is 13.6. The van der Waals surface area contributed by atoms with Crippen LogP contribution in [0.3, 0.4) is 0 Å². The summed E-state index contributed by atoms with van der Waals surface area (Å²) in [5, 5.41) is 6.57. The van der Waals surface area contributed by atoms with Gasteiger partial charge in [0.05, 0.1) is 0 Å². The fraction of sp³-hybridized carbons (Fsp3) is 0.692. The maximum atomic E-state index is 5.58. The van der Waals surface area contributed by atoms with E-state index in [-0.39, 0.29) is 5.41 Å². The Hall–Kier alpha value is -1.36. The maximum Gasteiger partial charge on any atom is 0.131 e. The summed E-state index contributed by atoms with van der Waals surface area (Å²) in [5.41, 5.74) is 5.81. The van der Waals surface area contributed by atoms with Crippen molar-refractivity contribution < 1.29 is 0 Å². The molecule has 1 atom stereocenters. The SMILES string of the molecule is CC(CN)CNc1cc(NCC(C)(C)C)ncn1. The Balaban J connectivity index is 2.51. The molecule has 0 radical (unpaired) electrons. The van der Waals surface area contributed by atoms with E-state index in [0.717, 1.165) is 24.7 Å². The molecular weight excluding hydrogens is 226 g/mol. The Labute approximate surface area is 110 Å². The molecule has 0 saturated carbocycles. The molecule has 0 aliphatic rings. The first-order chi connectivity index (χ1) is 8.40. The number of aromatic nitrogens is 2. The molecule has 18 heavy (non-hydrogen) atoms. The van der Waals surface area contributed by atoms with Gasteiger partial charge in [0, 0.05) is 19.2 Å². The summed E-state index contributed by atoms with van der Waals surface area (Å²) >= 11 is 0. The molecule has 1 rings (SSSR count). The first-order valence-electron chi connectivity index (χ1n) is 6.40. The van der Waals surface area contributed by atoms with Crippen LogP contribution in [0.5, 0.6) is 0 Å². The summed E-state index contributed by atoms with van der Waals surface area (Å²) in [7, 11) is 0. The Morgan fingerprint density at radius 3 is 2.39 bits per heavy atom. The molecule has 0 bridgehead atoms. The van der Waals surface area contributed by atoms with E-state index < -0.39 is 0 Å². The minimum Gasteiger partial charge on any atom is -0.370 e. The number of rotatable bonds is 6. The van der Waals surface area contributed by atoms with Gasteiger partial charge in [0.1, 0.15) is 18.0 Å². The highest BCUT2D eigenvalue weighted by molar-refractivity contribution is 5.46. The van der Waals surface area contributed by atoms with E-state index in [1.165, 1.54) is 0 Å².